The minimum absolute atomic E-state index is 0.0406. The van der Waals surface area contributed by atoms with Crippen molar-refractivity contribution < 1.29 is 29.4 Å². The molecule has 0 radical (unpaired) electrons. The van der Waals surface area contributed by atoms with Gasteiger partial charge in [-0.1, -0.05) is 25.3 Å². The topological polar surface area (TPSA) is 124 Å². The van der Waals surface area contributed by atoms with Crippen molar-refractivity contribution in [2.75, 3.05) is 0 Å². The summed E-state index contributed by atoms with van der Waals surface area (Å²) >= 11 is 0. The molecule has 2 rings (SSSR count). The largest absolute Gasteiger partial charge is 0.358 e. The van der Waals surface area contributed by atoms with Crippen LogP contribution in [-0.2, 0) is 19.2 Å². The van der Waals surface area contributed by atoms with Gasteiger partial charge in [-0.15, -0.1) is 0 Å². The molecule has 21 heavy (non-hydrogen) atoms. The Balaban J connectivity index is 2.40. The molecule has 0 aromatic heterocycles. The molecule has 1 atom stereocenters. The number of hydrogen-bond donors (Lipinski definition) is 3. The summed E-state index contributed by atoms with van der Waals surface area (Å²) < 4.78 is 0. The van der Waals surface area contributed by atoms with E-state index in [0.29, 0.717) is 4.90 Å². The van der Waals surface area contributed by atoms with Gasteiger partial charge in [-0.2, -0.15) is 0 Å². The van der Waals surface area contributed by atoms with Gasteiger partial charge in [0.25, 0.3) is 17.7 Å². The second-order valence-corrected chi connectivity index (χ2v) is 4.57. The number of carbonyl (C=O) groups is 4. The zero-order valence-corrected chi connectivity index (χ0v) is 10.8. The van der Waals surface area contributed by atoms with Crippen molar-refractivity contribution >= 4 is 23.6 Å². The van der Waals surface area contributed by atoms with Gasteiger partial charge in [-0.3, -0.25) is 29.4 Å². The van der Waals surface area contributed by atoms with Gasteiger partial charge in [0.05, 0.1) is 11.1 Å². The third-order valence-corrected chi connectivity index (χ3v) is 3.29. The highest BCUT2D eigenvalue weighted by Gasteiger charge is 2.51. The zero-order valence-electron chi connectivity index (χ0n) is 10.8. The fraction of sp³-hybridized carbons (Fsp3) is 0.231. The van der Waals surface area contributed by atoms with E-state index in [1.165, 1.54) is 0 Å². The van der Waals surface area contributed by atoms with Crippen LogP contribution in [0.1, 0.15) is 6.42 Å². The highest BCUT2D eigenvalue weighted by molar-refractivity contribution is 6.24. The van der Waals surface area contributed by atoms with Gasteiger partial charge in [0.1, 0.15) is 6.04 Å². The smallest absolute Gasteiger partial charge is 0.286 e. The lowest BCUT2D eigenvalue weighted by Gasteiger charge is -2.34. The minimum atomic E-state index is -2.84. The third-order valence-electron chi connectivity index (χ3n) is 3.29. The summed E-state index contributed by atoms with van der Waals surface area (Å²) in [5.74, 6) is -6.73. The second-order valence-electron chi connectivity index (χ2n) is 4.57. The molecule has 0 aromatic rings. The Bertz CT molecular complexity index is 601. The number of piperidine rings is 1. The Morgan fingerprint density at radius 3 is 2.00 bits per heavy atom. The molecule has 4 amide bonds. The first-order chi connectivity index (χ1) is 9.74. The molecule has 0 spiro atoms. The number of rotatable bonds is 3. The Morgan fingerprint density at radius 1 is 1.10 bits per heavy atom. The molecule has 0 bridgehead atoms. The molecular weight excluding hydrogens is 280 g/mol. The maximum atomic E-state index is 12.2. The highest BCUT2D eigenvalue weighted by Crippen LogP contribution is 2.29. The summed E-state index contributed by atoms with van der Waals surface area (Å²) in [6.07, 6.45) is 1.49. The standard InChI is InChI=1S/C13H12N2O6/c1-3-6-7(4-2)11(18)15(10(6)17)8-5-13(20,21)12(19)14-9(8)16/h3-4,8,20-21H,1-2,5H2,(H,14,16,19). The summed E-state index contributed by atoms with van der Waals surface area (Å²) in [7, 11) is 0. The van der Waals surface area contributed by atoms with Crippen LogP contribution < -0.4 is 5.32 Å². The molecule has 1 fully saturated rings. The maximum Gasteiger partial charge on any atom is 0.286 e. The van der Waals surface area contributed by atoms with Crippen molar-refractivity contribution in [1.29, 1.82) is 0 Å². The van der Waals surface area contributed by atoms with Crippen LogP contribution >= 0.6 is 0 Å². The van der Waals surface area contributed by atoms with E-state index < -0.39 is 41.9 Å². The molecular formula is C13H12N2O6. The summed E-state index contributed by atoms with van der Waals surface area (Å²) in [6.45, 7) is 6.81. The first-order valence-electron chi connectivity index (χ1n) is 5.91. The van der Waals surface area contributed by atoms with E-state index in [1.54, 1.807) is 5.32 Å². The molecule has 2 heterocycles. The van der Waals surface area contributed by atoms with E-state index in [9.17, 15) is 29.4 Å². The Hall–Kier alpha value is -2.58. The molecule has 2 aliphatic rings. The average molecular weight is 292 g/mol. The Morgan fingerprint density at radius 2 is 1.57 bits per heavy atom. The van der Waals surface area contributed by atoms with Crippen molar-refractivity contribution in [3.05, 3.63) is 36.5 Å². The van der Waals surface area contributed by atoms with Gasteiger partial charge < -0.3 is 10.2 Å². The first-order valence-corrected chi connectivity index (χ1v) is 5.91. The van der Waals surface area contributed by atoms with Gasteiger partial charge in [0.15, 0.2) is 0 Å². The van der Waals surface area contributed by atoms with Crippen molar-refractivity contribution in [2.45, 2.75) is 18.2 Å². The normalized spacial score (nSPS) is 25.2. The van der Waals surface area contributed by atoms with Crippen LogP contribution in [0.2, 0.25) is 0 Å². The fourth-order valence-corrected chi connectivity index (χ4v) is 2.22. The molecule has 3 N–H and O–H groups in total. The van der Waals surface area contributed by atoms with Crippen LogP contribution in [0.3, 0.4) is 0 Å². The van der Waals surface area contributed by atoms with Gasteiger partial charge in [0.2, 0.25) is 11.7 Å². The lowest BCUT2D eigenvalue weighted by molar-refractivity contribution is -0.200. The van der Waals surface area contributed by atoms with E-state index in [1.807, 2.05) is 0 Å². The second kappa shape index (κ2) is 4.76. The first kappa shape index (κ1) is 14.8. The quantitative estimate of drug-likeness (QED) is 0.413. The van der Waals surface area contributed by atoms with Crippen molar-refractivity contribution in [3.63, 3.8) is 0 Å². The number of aliphatic hydroxyl groups is 2. The number of carbonyl (C=O) groups excluding carboxylic acids is 4. The van der Waals surface area contributed by atoms with Crippen LogP contribution in [0.25, 0.3) is 0 Å². The molecule has 0 aromatic carbocycles. The third kappa shape index (κ3) is 2.10. The van der Waals surface area contributed by atoms with E-state index in [0.717, 1.165) is 12.2 Å². The predicted molar refractivity (Wildman–Crippen MR) is 68.0 cm³/mol. The highest BCUT2D eigenvalue weighted by atomic mass is 16.5. The summed E-state index contributed by atoms with van der Waals surface area (Å²) in [5.41, 5.74) is -0.0811. The number of nitrogens with one attached hydrogen (secondary N) is 1. The number of amides is 4. The van der Waals surface area contributed by atoms with Gasteiger partial charge >= 0.3 is 0 Å². The molecule has 1 saturated heterocycles. The Labute approximate surface area is 119 Å². The molecule has 2 aliphatic heterocycles. The molecule has 110 valence electrons. The van der Waals surface area contributed by atoms with E-state index in [2.05, 4.69) is 13.2 Å². The van der Waals surface area contributed by atoms with Crippen LogP contribution in [0.15, 0.2) is 36.5 Å². The summed E-state index contributed by atoms with van der Waals surface area (Å²) in [5, 5.41) is 20.7. The molecule has 0 saturated carbocycles. The van der Waals surface area contributed by atoms with Crippen LogP contribution in [0.4, 0.5) is 0 Å². The lowest BCUT2D eigenvalue weighted by atomic mass is 9.98. The molecule has 0 aliphatic carbocycles. The predicted octanol–water partition coefficient (Wildman–Crippen LogP) is -1.88. The SMILES string of the molecule is C=CC1=C(C=C)C(=O)N(C2CC(O)(O)C(=O)NC2=O)C1=O. The fourth-order valence-electron chi connectivity index (χ4n) is 2.22. The number of nitrogens with zero attached hydrogens (tertiary/aromatic N) is 1. The van der Waals surface area contributed by atoms with Crippen LogP contribution in [0, 0.1) is 0 Å². The van der Waals surface area contributed by atoms with Crippen molar-refractivity contribution in [3.8, 4) is 0 Å². The maximum absolute atomic E-state index is 12.2. The van der Waals surface area contributed by atoms with Crippen LogP contribution in [-0.4, -0.2) is 50.6 Å². The van der Waals surface area contributed by atoms with E-state index in [-0.39, 0.29) is 11.1 Å². The van der Waals surface area contributed by atoms with Crippen molar-refractivity contribution in [1.82, 2.24) is 10.2 Å². The minimum Gasteiger partial charge on any atom is -0.358 e. The average Bonchev–Trinajstić information content (AvgIpc) is 2.65. The van der Waals surface area contributed by atoms with E-state index in [4.69, 9.17) is 0 Å². The molecule has 1 unspecified atom stereocenters. The van der Waals surface area contributed by atoms with Gasteiger partial charge in [-0.25, -0.2) is 0 Å². The monoisotopic (exact) mass is 292 g/mol. The van der Waals surface area contributed by atoms with Crippen molar-refractivity contribution in [2.24, 2.45) is 0 Å². The van der Waals surface area contributed by atoms with E-state index >= 15 is 0 Å². The zero-order chi connectivity index (χ0) is 15.9. The lowest BCUT2D eigenvalue weighted by Crippen LogP contribution is -2.64. The number of hydrogen-bond acceptors (Lipinski definition) is 6. The van der Waals surface area contributed by atoms with Gasteiger partial charge in [-0.05, 0) is 0 Å². The Kier molecular flexibility index (Phi) is 3.36. The summed E-state index contributed by atoms with van der Waals surface area (Å²) in [6, 6.07) is -1.51. The molecule has 8 heteroatoms. The number of imide groups is 2. The summed E-state index contributed by atoms with van der Waals surface area (Å²) in [4.78, 5) is 47.9. The van der Waals surface area contributed by atoms with Gasteiger partial charge in [0, 0.05) is 6.42 Å². The molecule has 8 nitrogen and oxygen atoms in total. The van der Waals surface area contributed by atoms with Crippen LogP contribution in [0.5, 0.6) is 0 Å².